The molecule has 25 heavy (non-hydrogen) atoms. The molecule has 0 aliphatic carbocycles. The predicted molar refractivity (Wildman–Crippen MR) is 96.1 cm³/mol. The molecule has 2 aromatic heterocycles. The number of fused-ring (bicyclic) bond motifs is 1. The van der Waals surface area contributed by atoms with Crippen LogP contribution in [0.2, 0.25) is 0 Å². The molecular weight excluding hydrogens is 314 g/mol. The van der Waals surface area contributed by atoms with Crippen molar-refractivity contribution >= 4 is 22.6 Å². The third kappa shape index (κ3) is 2.97. The van der Waals surface area contributed by atoms with Gasteiger partial charge in [-0.3, -0.25) is 14.5 Å². The molecule has 4 aromatic rings. The van der Waals surface area contributed by atoms with Crippen molar-refractivity contribution in [1.82, 2.24) is 20.0 Å². The van der Waals surface area contributed by atoms with Crippen molar-refractivity contribution in [3.63, 3.8) is 0 Å². The Labute approximate surface area is 144 Å². The first-order valence-electron chi connectivity index (χ1n) is 7.82. The van der Waals surface area contributed by atoms with Crippen LogP contribution in [0.15, 0.2) is 67.0 Å². The van der Waals surface area contributed by atoms with Crippen molar-refractivity contribution in [2.45, 2.75) is 0 Å². The second kappa shape index (κ2) is 6.16. The van der Waals surface area contributed by atoms with Gasteiger partial charge in [-0.2, -0.15) is 0 Å². The van der Waals surface area contributed by atoms with Gasteiger partial charge in [-0.25, -0.2) is 0 Å². The van der Waals surface area contributed by atoms with Crippen LogP contribution >= 0.6 is 0 Å². The average molecular weight is 329 g/mol. The number of rotatable bonds is 3. The van der Waals surface area contributed by atoms with E-state index in [1.54, 1.807) is 31.6 Å². The zero-order valence-corrected chi connectivity index (χ0v) is 13.5. The monoisotopic (exact) mass is 329 g/mol. The maximum absolute atomic E-state index is 12.3. The summed E-state index contributed by atoms with van der Waals surface area (Å²) in [6.45, 7) is 0. The van der Waals surface area contributed by atoms with E-state index in [1.165, 1.54) is 4.68 Å². The summed E-state index contributed by atoms with van der Waals surface area (Å²) in [6, 6.07) is 17.5. The number of benzene rings is 2. The van der Waals surface area contributed by atoms with E-state index >= 15 is 0 Å². The van der Waals surface area contributed by atoms with Gasteiger partial charge in [-0.1, -0.05) is 41.6 Å². The van der Waals surface area contributed by atoms with Crippen molar-refractivity contribution in [3.8, 4) is 11.1 Å². The number of nitrogens with zero attached hydrogens (tertiary/aromatic N) is 4. The second-order valence-corrected chi connectivity index (χ2v) is 5.69. The van der Waals surface area contributed by atoms with Crippen LogP contribution in [0, 0.1) is 0 Å². The Balaban J connectivity index is 1.62. The Morgan fingerprint density at radius 2 is 1.84 bits per heavy atom. The summed E-state index contributed by atoms with van der Waals surface area (Å²) in [5, 5.41) is 11.5. The lowest BCUT2D eigenvalue weighted by Gasteiger charge is -2.07. The third-order valence-corrected chi connectivity index (χ3v) is 3.94. The molecule has 0 aliphatic rings. The minimum atomic E-state index is -0.219. The summed E-state index contributed by atoms with van der Waals surface area (Å²) >= 11 is 0. The van der Waals surface area contributed by atoms with Crippen LogP contribution in [0.25, 0.3) is 22.0 Å². The van der Waals surface area contributed by atoms with Crippen LogP contribution in [-0.2, 0) is 7.05 Å². The molecule has 2 heterocycles. The van der Waals surface area contributed by atoms with E-state index in [0.717, 1.165) is 22.0 Å². The number of para-hydroxylation sites is 1. The van der Waals surface area contributed by atoms with E-state index in [2.05, 4.69) is 20.6 Å². The van der Waals surface area contributed by atoms with Crippen LogP contribution in [0.4, 0.5) is 5.82 Å². The van der Waals surface area contributed by atoms with Gasteiger partial charge in [-0.15, -0.1) is 5.10 Å². The van der Waals surface area contributed by atoms with E-state index in [9.17, 15) is 4.79 Å². The van der Waals surface area contributed by atoms with Gasteiger partial charge in [-0.05, 0) is 23.8 Å². The number of anilines is 1. The standard InChI is InChI=1S/C19H15N5O/c1-24-12-17(22-23-24)21-19(25)15-9-7-13(8-10-15)16-6-2-4-14-5-3-11-20-18(14)16/h2-12H,1H3,(H,21,25). The van der Waals surface area contributed by atoms with Crippen LogP contribution in [0.3, 0.4) is 0 Å². The summed E-state index contributed by atoms with van der Waals surface area (Å²) in [5.41, 5.74) is 3.56. The Morgan fingerprint density at radius 1 is 1.04 bits per heavy atom. The Bertz CT molecular complexity index is 1050. The Hall–Kier alpha value is -3.54. The predicted octanol–water partition coefficient (Wildman–Crippen LogP) is 3.28. The van der Waals surface area contributed by atoms with Crippen LogP contribution in [-0.4, -0.2) is 25.9 Å². The molecule has 0 atom stereocenters. The molecular formula is C19H15N5O. The third-order valence-electron chi connectivity index (χ3n) is 3.94. The fraction of sp³-hybridized carbons (Fsp3) is 0.0526. The number of nitrogens with one attached hydrogen (secondary N) is 1. The van der Waals surface area contributed by atoms with Crippen molar-refractivity contribution in [2.75, 3.05) is 5.32 Å². The number of amides is 1. The quantitative estimate of drug-likeness (QED) is 0.626. The summed E-state index contributed by atoms with van der Waals surface area (Å²) < 4.78 is 1.53. The first-order chi connectivity index (χ1) is 12.2. The average Bonchev–Trinajstić information content (AvgIpc) is 3.06. The fourth-order valence-electron chi connectivity index (χ4n) is 2.73. The summed E-state index contributed by atoms with van der Waals surface area (Å²) in [6.07, 6.45) is 3.43. The number of hydrogen-bond donors (Lipinski definition) is 1. The number of hydrogen-bond acceptors (Lipinski definition) is 4. The smallest absolute Gasteiger partial charge is 0.256 e. The molecule has 0 radical (unpaired) electrons. The van der Waals surface area contributed by atoms with Gasteiger partial charge in [0.15, 0.2) is 5.82 Å². The highest BCUT2D eigenvalue weighted by molar-refractivity contribution is 6.04. The van der Waals surface area contributed by atoms with E-state index in [0.29, 0.717) is 11.4 Å². The number of carbonyl (C=O) groups is 1. The van der Waals surface area contributed by atoms with Crippen molar-refractivity contribution in [1.29, 1.82) is 0 Å². The lowest BCUT2D eigenvalue weighted by molar-refractivity contribution is 0.102. The van der Waals surface area contributed by atoms with Gasteiger partial charge in [0, 0.05) is 29.8 Å². The number of carbonyl (C=O) groups excluding carboxylic acids is 1. The van der Waals surface area contributed by atoms with E-state index < -0.39 is 0 Å². The lowest BCUT2D eigenvalue weighted by atomic mass is 10.0. The zero-order chi connectivity index (χ0) is 17.2. The molecule has 0 spiro atoms. The molecule has 122 valence electrons. The second-order valence-electron chi connectivity index (χ2n) is 5.69. The molecule has 6 nitrogen and oxygen atoms in total. The molecule has 0 bridgehead atoms. The topological polar surface area (TPSA) is 72.7 Å². The molecule has 1 amide bonds. The van der Waals surface area contributed by atoms with Gasteiger partial charge in [0.2, 0.25) is 0 Å². The van der Waals surface area contributed by atoms with Crippen LogP contribution in [0.5, 0.6) is 0 Å². The van der Waals surface area contributed by atoms with E-state index in [-0.39, 0.29) is 5.91 Å². The molecule has 2 aromatic carbocycles. The van der Waals surface area contributed by atoms with Gasteiger partial charge in [0.1, 0.15) is 0 Å². The first-order valence-corrected chi connectivity index (χ1v) is 7.82. The van der Waals surface area contributed by atoms with Crippen molar-refractivity contribution in [3.05, 3.63) is 72.6 Å². The maximum Gasteiger partial charge on any atom is 0.256 e. The summed E-state index contributed by atoms with van der Waals surface area (Å²) in [4.78, 5) is 16.8. The molecule has 4 rings (SSSR count). The minimum absolute atomic E-state index is 0.219. The Kier molecular flexibility index (Phi) is 3.70. The first kappa shape index (κ1) is 15.0. The summed E-state index contributed by atoms with van der Waals surface area (Å²) in [7, 11) is 1.75. The van der Waals surface area contributed by atoms with Crippen molar-refractivity contribution in [2.24, 2.45) is 7.05 Å². The van der Waals surface area contributed by atoms with Crippen LogP contribution < -0.4 is 5.32 Å². The summed E-state index contributed by atoms with van der Waals surface area (Å²) in [5.74, 6) is 0.206. The fourth-order valence-corrected chi connectivity index (χ4v) is 2.73. The maximum atomic E-state index is 12.3. The van der Waals surface area contributed by atoms with Gasteiger partial charge >= 0.3 is 0 Å². The highest BCUT2D eigenvalue weighted by Crippen LogP contribution is 2.27. The lowest BCUT2D eigenvalue weighted by Crippen LogP contribution is -2.12. The number of pyridine rings is 1. The molecule has 0 fully saturated rings. The highest BCUT2D eigenvalue weighted by atomic mass is 16.1. The zero-order valence-electron chi connectivity index (χ0n) is 13.5. The Morgan fingerprint density at radius 3 is 2.60 bits per heavy atom. The molecule has 6 heteroatoms. The normalized spacial score (nSPS) is 10.8. The largest absolute Gasteiger partial charge is 0.304 e. The molecule has 0 saturated heterocycles. The number of aryl methyl sites for hydroxylation is 1. The SMILES string of the molecule is Cn1cc(NC(=O)c2ccc(-c3cccc4cccnc34)cc2)nn1. The highest BCUT2D eigenvalue weighted by Gasteiger charge is 2.10. The molecule has 1 N–H and O–H groups in total. The van der Waals surface area contributed by atoms with Crippen LogP contribution in [0.1, 0.15) is 10.4 Å². The van der Waals surface area contributed by atoms with Crippen molar-refractivity contribution < 1.29 is 4.79 Å². The number of aromatic nitrogens is 4. The van der Waals surface area contributed by atoms with Gasteiger partial charge in [0.25, 0.3) is 5.91 Å². The van der Waals surface area contributed by atoms with Gasteiger partial charge in [0.05, 0.1) is 11.7 Å². The van der Waals surface area contributed by atoms with E-state index in [1.807, 2.05) is 42.5 Å². The molecule has 0 unspecified atom stereocenters. The van der Waals surface area contributed by atoms with Gasteiger partial charge < -0.3 is 5.32 Å². The van der Waals surface area contributed by atoms with E-state index in [4.69, 9.17) is 0 Å². The molecule has 0 aliphatic heterocycles. The molecule has 0 saturated carbocycles. The minimum Gasteiger partial charge on any atom is -0.304 e.